The highest BCUT2D eigenvalue weighted by atomic mass is 16.5. The molecule has 1 aromatic heterocycles. The summed E-state index contributed by atoms with van der Waals surface area (Å²) in [7, 11) is 0. The molecule has 1 fully saturated rings. The average molecular weight is 446 g/mol. The van der Waals surface area contributed by atoms with Crippen LogP contribution in [0.1, 0.15) is 28.4 Å². The number of nitrogens with one attached hydrogen (secondary N) is 1. The van der Waals surface area contributed by atoms with Crippen molar-refractivity contribution < 1.29 is 9.53 Å². The number of piperazine rings is 1. The first-order chi connectivity index (χ1) is 16.1. The summed E-state index contributed by atoms with van der Waals surface area (Å²) in [4.78, 5) is 21.8. The maximum Gasteiger partial charge on any atom is 0.251 e. The zero-order valence-corrected chi connectivity index (χ0v) is 19.0. The van der Waals surface area contributed by atoms with E-state index in [1.807, 2.05) is 6.07 Å². The smallest absolute Gasteiger partial charge is 0.251 e. The number of likely N-dealkylation sites (N-methyl/N-ethyl adjacent to an activating group) is 1. The first-order valence-corrected chi connectivity index (χ1v) is 11.4. The SMILES string of the molecule is CCN1CCN(c2ccc(CNC(=O)c3cccc(Oc4cc(CN)ccn4)c3)cc2)CC1. The van der Waals surface area contributed by atoms with Crippen LogP contribution in [0.15, 0.2) is 66.9 Å². The van der Waals surface area contributed by atoms with E-state index in [2.05, 4.69) is 51.3 Å². The molecule has 0 unspecified atom stereocenters. The Morgan fingerprint density at radius 1 is 1.03 bits per heavy atom. The third kappa shape index (κ3) is 6.09. The van der Waals surface area contributed by atoms with Crippen molar-refractivity contribution in [3.8, 4) is 11.6 Å². The normalized spacial score (nSPS) is 14.2. The van der Waals surface area contributed by atoms with Crippen molar-refractivity contribution in [1.29, 1.82) is 0 Å². The van der Waals surface area contributed by atoms with Crippen LogP contribution >= 0.6 is 0 Å². The number of hydrogen-bond donors (Lipinski definition) is 2. The number of hydrogen-bond acceptors (Lipinski definition) is 6. The van der Waals surface area contributed by atoms with Crippen molar-refractivity contribution >= 4 is 11.6 Å². The summed E-state index contributed by atoms with van der Waals surface area (Å²) in [6.45, 7) is 8.51. The monoisotopic (exact) mass is 445 g/mol. The molecule has 33 heavy (non-hydrogen) atoms. The Hall–Kier alpha value is -3.42. The van der Waals surface area contributed by atoms with Crippen LogP contribution in [0.4, 0.5) is 5.69 Å². The van der Waals surface area contributed by atoms with Crippen LogP contribution < -0.4 is 20.7 Å². The van der Waals surface area contributed by atoms with Gasteiger partial charge in [0.05, 0.1) is 0 Å². The van der Waals surface area contributed by atoms with Crippen LogP contribution in [-0.2, 0) is 13.1 Å². The number of carbonyl (C=O) groups is 1. The lowest BCUT2D eigenvalue weighted by Gasteiger charge is -2.35. The molecular formula is C26H31N5O2. The van der Waals surface area contributed by atoms with Gasteiger partial charge in [-0.1, -0.05) is 25.1 Å². The van der Waals surface area contributed by atoms with Crippen LogP contribution in [-0.4, -0.2) is 48.5 Å². The maximum atomic E-state index is 12.7. The van der Waals surface area contributed by atoms with Crippen molar-refractivity contribution in [2.75, 3.05) is 37.6 Å². The number of rotatable bonds is 8. The van der Waals surface area contributed by atoms with E-state index < -0.39 is 0 Å². The van der Waals surface area contributed by atoms with E-state index in [1.165, 1.54) is 5.69 Å². The van der Waals surface area contributed by atoms with Crippen molar-refractivity contribution in [2.45, 2.75) is 20.0 Å². The summed E-state index contributed by atoms with van der Waals surface area (Å²) >= 11 is 0. The fourth-order valence-electron chi connectivity index (χ4n) is 3.89. The second kappa shape index (κ2) is 10.9. The van der Waals surface area contributed by atoms with Gasteiger partial charge in [-0.05, 0) is 54.1 Å². The number of aromatic nitrogens is 1. The van der Waals surface area contributed by atoms with Gasteiger partial charge in [-0.3, -0.25) is 4.79 Å². The molecule has 0 bridgehead atoms. The molecule has 0 radical (unpaired) electrons. The lowest BCUT2D eigenvalue weighted by atomic mass is 10.1. The number of amides is 1. The summed E-state index contributed by atoms with van der Waals surface area (Å²) in [5.74, 6) is 0.854. The minimum atomic E-state index is -0.149. The number of benzene rings is 2. The van der Waals surface area contributed by atoms with E-state index >= 15 is 0 Å². The van der Waals surface area contributed by atoms with Gasteiger partial charge in [-0.15, -0.1) is 0 Å². The molecule has 4 rings (SSSR count). The average Bonchev–Trinajstić information content (AvgIpc) is 2.88. The molecule has 3 N–H and O–H groups in total. The molecule has 0 atom stereocenters. The molecule has 2 aromatic carbocycles. The first-order valence-electron chi connectivity index (χ1n) is 11.4. The summed E-state index contributed by atoms with van der Waals surface area (Å²) < 4.78 is 5.80. The van der Waals surface area contributed by atoms with Crippen molar-refractivity contribution in [2.24, 2.45) is 5.73 Å². The largest absolute Gasteiger partial charge is 0.439 e. The predicted octanol–water partition coefficient (Wildman–Crippen LogP) is 3.40. The third-order valence-electron chi connectivity index (χ3n) is 5.93. The molecular weight excluding hydrogens is 414 g/mol. The highest BCUT2D eigenvalue weighted by Crippen LogP contribution is 2.21. The third-order valence-corrected chi connectivity index (χ3v) is 5.93. The number of ether oxygens (including phenoxy) is 1. The number of pyridine rings is 1. The molecule has 1 aliphatic heterocycles. The second-order valence-electron chi connectivity index (χ2n) is 8.11. The molecule has 1 aliphatic rings. The number of nitrogens with zero attached hydrogens (tertiary/aromatic N) is 3. The second-order valence-corrected chi connectivity index (χ2v) is 8.11. The van der Waals surface area contributed by atoms with E-state index in [9.17, 15) is 4.79 Å². The van der Waals surface area contributed by atoms with Gasteiger partial charge in [0.15, 0.2) is 0 Å². The van der Waals surface area contributed by atoms with E-state index in [-0.39, 0.29) is 5.91 Å². The molecule has 7 nitrogen and oxygen atoms in total. The molecule has 0 saturated carbocycles. The van der Waals surface area contributed by atoms with Crippen LogP contribution in [0.5, 0.6) is 11.6 Å². The Morgan fingerprint density at radius 2 is 1.82 bits per heavy atom. The fourth-order valence-corrected chi connectivity index (χ4v) is 3.89. The van der Waals surface area contributed by atoms with E-state index in [1.54, 1.807) is 36.5 Å². The Kier molecular flexibility index (Phi) is 7.55. The highest BCUT2D eigenvalue weighted by Gasteiger charge is 2.15. The van der Waals surface area contributed by atoms with Gasteiger partial charge in [0, 0.05) is 62.8 Å². The Labute approximate surface area is 195 Å². The summed E-state index contributed by atoms with van der Waals surface area (Å²) in [6, 6.07) is 19.2. The summed E-state index contributed by atoms with van der Waals surface area (Å²) in [5.41, 5.74) is 9.44. The van der Waals surface area contributed by atoms with Crippen LogP contribution in [0.2, 0.25) is 0 Å². The first kappa shape index (κ1) is 22.8. The van der Waals surface area contributed by atoms with Crippen molar-refractivity contribution in [1.82, 2.24) is 15.2 Å². The molecule has 2 heterocycles. The molecule has 0 aliphatic carbocycles. The zero-order chi connectivity index (χ0) is 23.0. The maximum absolute atomic E-state index is 12.7. The Bertz CT molecular complexity index is 1060. The molecule has 3 aromatic rings. The standard InChI is InChI=1S/C26H31N5O2/c1-2-30-12-14-31(15-13-30)23-8-6-20(7-9-23)19-29-26(32)22-4-3-5-24(17-22)33-25-16-21(18-27)10-11-28-25/h3-11,16-17H,2,12-15,18-19,27H2,1H3,(H,29,32). The zero-order valence-electron chi connectivity index (χ0n) is 19.0. The minimum absolute atomic E-state index is 0.149. The van der Waals surface area contributed by atoms with E-state index in [0.717, 1.165) is 43.9 Å². The predicted molar refractivity (Wildman–Crippen MR) is 131 cm³/mol. The van der Waals surface area contributed by atoms with Gasteiger partial charge < -0.3 is 25.6 Å². The molecule has 7 heteroatoms. The van der Waals surface area contributed by atoms with Crippen molar-refractivity contribution in [3.05, 3.63) is 83.6 Å². The van der Waals surface area contributed by atoms with Gasteiger partial charge in [-0.25, -0.2) is 4.98 Å². The fraction of sp³-hybridized carbons (Fsp3) is 0.308. The molecule has 1 amide bonds. The highest BCUT2D eigenvalue weighted by molar-refractivity contribution is 5.94. The Balaban J connectivity index is 1.32. The van der Waals surface area contributed by atoms with Crippen molar-refractivity contribution in [3.63, 3.8) is 0 Å². The van der Waals surface area contributed by atoms with Crippen LogP contribution in [0, 0.1) is 0 Å². The number of carbonyl (C=O) groups excluding carboxylic acids is 1. The minimum Gasteiger partial charge on any atom is -0.439 e. The number of nitrogens with two attached hydrogens (primary N) is 1. The molecule has 172 valence electrons. The topological polar surface area (TPSA) is 83.7 Å². The number of anilines is 1. The van der Waals surface area contributed by atoms with Crippen LogP contribution in [0.25, 0.3) is 0 Å². The molecule has 1 saturated heterocycles. The van der Waals surface area contributed by atoms with Gasteiger partial charge in [0.2, 0.25) is 5.88 Å². The Morgan fingerprint density at radius 3 is 2.55 bits per heavy atom. The van der Waals surface area contributed by atoms with Gasteiger partial charge in [0.25, 0.3) is 5.91 Å². The summed E-state index contributed by atoms with van der Waals surface area (Å²) in [5, 5.41) is 2.99. The van der Waals surface area contributed by atoms with Gasteiger partial charge in [0.1, 0.15) is 5.75 Å². The lowest BCUT2D eigenvalue weighted by molar-refractivity contribution is 0.0950. The van der Waals surface area contributed by atoms with Gasteiger partial charge >= 0.3 is 0 Å². The van der Waals surface area contributed by atoms with Crippen LogP contribution in [0.3, 0.4) is 0 Å². The quantitative estimate of drug-likeness (QED) is 0.553. The lowest BCUT2D eigenvalue weighted by Crippen LogP contribution is -2.46. The molecule has 0 spiro atoms. The van der Waals surface area contributed by atoms with E-state index in [4.69, 9.17) is 10.5 Å². The van der Waals surface area contributed by atoms with Gasteiger partial charge in [-0.2, -0.15) is 0 Å². The van der Waals surface area contributed by atoms with E-state index in [0.29, 0.717) is 30.3 Å². The summed E-state index contributed by atoms with van der Waals surface area (Å²) in [6.07, 6.45) is 1.66.